The second kappa shape index (κ2) is 8.55. The number of hydrogen-bond acceptors (Lipinski definition) is 7. The van der Waals surface area contributed by atoms with E-state index < -0.39 is 66.8 Å². The topological polar surface area (TPSA) is 97.1 Å². The first-order valence-electron chi connectivity index (χ1n) is 13.3. The monoisotopic (exact) mass is 455 g/mol. The lowest BCUT2D eigenvalue weighted by Crippen LogP contribution is -2.29. The van der Waals surface area contributed by atoms with Crippen LogP contribution in [-0.4, -0.2) is 50.0 Å². The third-order valence-electron chi connectivity index (χ3n) is 5.03. The first-order valence-corrected chi connectivity index (χ1v) is 9.77. The first kappa shape index (κ1) is 14.3. The van der Waals surface area contributed by atoms with Crippen LogP contribution >= 0.6 is 0 Å². The maximum atomic E-state index is 14.4. The Morgan fingerprint density at radius 3 is 2.72 bits per heavy atom. The molecule has 1 aliphatic carbocycles. The number of aliphatic hydroxyl groups is 1. The Hall–Kier alpha value is -2.92. The van der Waals surface area contributed by atoms with Crippen LogP contribution in [0.4, 0.5) is 30.8 Å². The minimum absolute atomic E-state index is 0.0708. The zero-order valence-corrected chi connectivity index (χ0v) is 16.4. The molecule has 4 atom stereocenters. The van der Waals surface area contributed by atoms with Crippen LogP contribution in [0.25, 0.3) is 11.2 Å². The number of nitrogens with zero attached hydrogens (tertiary/aromatic N) is 4. The van der Waals surface area contributed by atoms with Crippen molar-refractivity contribution in [3.8, 4) is 0 Å². The second-order valence-electron chi connectivity index (χ2n) is 7.24. The van der Waals surface area contributed by atoms with Gasteiger partial charge in [0, 0.05) is 34.4 Å². The molecule has 11 heteroatoms. The van der Waals surface area contributed by atoms with E-state index in [1.165, 1.54) is 10.8 Å². The number of rotatable bonds is 5. The van der Waals surface area contributed by atoms with Gasteiger partial charge in [0.05, 0.1) is 24.9 Å². The number of anilines is 3. The number of nitrogens with one attached hydrogen (secondary N) is 2. The van der Waals surface area contributed by atoms with Crippen molar-refractivity contribution in [3.63, 3.8) is 0 Å². The molecule has 0 bridgehead atoms. The molecule has 3 N–H and O–H groups in total. The SMILES string of the molecule is [2H]C1C(Nc2ncc3nc(Nc4c(F)cc(F)cc4F)n(C4CCOC4)c3n2)C([2H])([2H])C([2H])([2H])C(O)C1([2H])[2H]. The lowest BCUT2D eigenvalue weighted by Gasteiger charge is -2.26. The number of benzene rings is 1. The van der Waals surface area contributed by atoms with Crippen LogP contribution in [0.2, 0.25) is 0 Å². The molecule has 5 rings (SSSR count). The van der Waals surface area contributed by atoms with Crippen molar-refractivity contribution in [1.82, 2.24) is 19.5 Å². The molecule has 1 saturated heterocycles. The number of aliphatic hydroxyl groups excluding tert-OH is 1. The summed E-state index contributed by atoms with van der Waals surface area (Å²) in [5.74, 6) is -3.88. The summed E-state index contributed by atoms with van der Waals surface area (Å²) in [5.41, 5.74) is -0.404. The summed E-state index contributed by atoms with van der Waals surface area (Å²) in [5, 5.41) is 15.2. The second-order valence-corrected chi connectivity index (χ2v) is 7.24. The number of hydrogen-bond donors (Lipinski definition) is 3. The summed E-state index contributed by atoms with van der Waals surface area (Å²) in [6.45, 7) is 0.564. The number of aromatic nitrogens is 4. The highest BCUT2D eigenvalue weighted by Crippen LogP contribution is 2.32. The quantitative estimate of drug-likeness (QED) is 0.540. The number of halogens is 3. The summed E-state index contributed by atoms with van der Waals surface area (Å²) in [6.07, 6.45) is -11.5. The van der Waals surface area contributed by atoms with Crippen molar-refractivity contribution in [2.45, 2.75) is 50.1 Å². The van der Waals surface area contributed by atoms with E-state index in [1.54, 1.807) is 0 Å². The van der Waals surface area contributed by atoms with Crippen molar-refractivity contribution < 1.29 is 32.6 Å². The number of imidazole rings is 1. The lowest BCUT2D eigenvalue weighted by atomic mass is 9.93. The van der Waals surface area contributed by atoms with Gasteiger partial charge >= 0.3 is 0 Å². The molecule has 3 aromatic rings. The van der Waals surface area contributed by atoms with Gasteiger partial charge in [-0.2, -0.15) is 4.98 Å². The van der Waals surface area contributed by atoms with Gasteiger partial charge < -0.3 is 20.5 Å². The third kappa shape index (κ3) is 4.09. The van der Waals surface area contributed by atoms with Crippen molar-refractivity contribution in [1.29, 1.82) is 0 Å². The molecular formula is C21H23F3N6O2. The zero-order chi connectivity index (χ0) is 28.5. The molecule has 2 aromatic heterocycles. The van der Waals surface area contributed by atoms with Gasteiger partial charge in [0.1, 0.15) is 17.0 Å². The minimum Gasteiger partial charge on any atom is -0.393 e. The average molecular weight is 455 g/mol. The van der Waals surface area contributed by atoms with Gasteiger partial charge in [0.25, 0.3) is 0 Å². The van der Waals surface area contributed by atoms with Gasteiger partial charge in [0.2, 0.25) is 11.9 Å². The molecule has 0 radical (unpaired) electrons. The fourth-order valence-electron chi connectivity index (χ4n) is 3.55. The maximum Gasteiger partial charge on any atom is 0.224 e. The normalized spacial score (nSPS) is 33.8. The number of fused-ring (bicyclic) bond motifs is 1. The molecule has 1 aromatic carbocycles. The zero-order valence-electron chi connectivity index (χ0n) is 23.4. The van der Waals surface area contributed by atoms with Gasteiger partial charge in [-0.15, -0.1) is 0 Å². The molecule has 1 saturated carbocycles. The van der Waals surface area contributed by atoms with Crippen molar-refractivity contribution >= 4 is 28.7 Å². The summed E-state index contributed by atoms with van der Waals surface area (Å²) >= 11 is 0. The maximum absolute atomic E-state index is 14.4. The standard InChI is InChI=1S/C21H23F3N6O2/c22-11-7-15(23)18(16(24)8-11)28-21-27-17-9-25-20(26-12-1-3-14(31)4-2-12)29-19(17)30(21)13-5-6-32-10-13/h7-9,12-14,31H,1-6,10H2,(H,27,28)(H,25,26,29)/i1D,2D2,3D2,4D2. The minimum atomic E-state index is -3.07. The van der Waals surface area contributed by atoms with Gasteiger partial charge in [-0.05, 0) is 31.9 Å². The van der Waals surface area contributed by atoms with Gasteiger partial charge in [-0.1, -0.05) is 0 Å². The Kier molecular flexibility index (Phi) is 3.81. The Morgan fingerprint density at radius 2 is 1.97 bits per heavy atom. The summed E-state index contributed by atoms with van der Waals surface area (Å²) in [6, 6.07) is -1.23. The van der Waals surface area contributed by atoms with Crippen molar-refractivity contribution in [3.05, 3.63) is 35.8 Å². The largest absolute Gasteiger partial charge is 0.393 e. The van der Waals surface area contributed by atoms with E-state index in [2.05, 4.69) is 25.6 Å². The molecular weight excluding hydrogens is 425 g/mol. The van der Waals surface area contributed by atoms with Crippen LogP contribution in [-0.2, 0) is 4.74 Å². The fourth-order valence-corrected chi connectivity index (χ4v) is 3.55. The Morgan fingerprint density at radius 1 is 1.16 bits per heavy atom. The smallest absolute Gasteiger partial charge is 0.224 e. The van der Waals surface area contributed by atoms with Crippen LogP contribution < -0.4 is 10.6 Å². The summed E-state index contributed by atoms with van der Waals surface area (Å²) in [7, 11) is 0. The molecule has 0 amide bonds. The lowest BCUT2D eigenvalue weighted by molar-refractivity contribution is 0.126. The predicted molar refractivity (Wildman–Crippen MR) is 111 cm³/mol. The fraction of sp³-hybridized carbons (Fsp3) is 0.476. The highest BCUT2D eigenvalue weighted by molar-refractivity contribution is 5.76. The highest BCUT2D eigenvalue weighted by Gasteiger charge is 2.27. The first-order chi connectivity index (χ1) is 18.2. The molecule has 32 heavy (non-hydrogen) atoms. The van der Waals surface area contributed by atoms with E-state index in [9.17, 15) is 18.3 Å². The molecule has 0 spiro atoms. The predicted octanol–water partition coefficient (Wildman–Crippen LogP) is 3.66. The van der Waals surface area contributed by atoms with Crippen LogP contribution in [0.5, 0.6) is 0 Å². The Bertz CT molecular complexity index is 1400. The van der Waals surface area contributed by atoms with Gasteiger partial charge in [-0.25, -0.2) is 23.1 Å². The van der Waals surface area contributed by atoms with Crippen LogP contribution in [0, 0.1) is 17.5 Å². The molecule has 8 nitrogen and oxygen atoms in total. The van der Waals surface area contributed by atoms with Crippen LogP contribution in [0.15, 0.2) is 18.3 Å². The van der Waals surface area contributed by atoms with E-state index in [0.29, 0.717) is 25.2 Å². The summed E-state index contributed by atoms with van der Waals surface area (Å²) < 4.78 is 106. The van der Waals surface area contributed by atoms with Crippen molar-refractivity contribution in [2.75, 3.05) is 23.8 Å². The van der Waals surface area contributed by atoms with E-state index in [0.717, 1.165) is 0 Å². The van der Waals surface area contributed by atoms with Crippen LogP contribution in [0.1, 0.15) is 47.6 Å². The molecule has 4 unspecified atom stereocenters. The van der Waals surface area contributed by atoms with Crippen molar-refractivity contribution in [2.24, 2.45) is 0 Å². The molecule has 2 fully saturated rings. The molecule has 1 aliphatic heterocycles. The number of ether oxygens (including phenoxy) is 1. The Labute approximate surface area is 191 Å². The molecule has 3 heterocycles. The van der Waals surface area contributed by atoms with E-state index in [4.69, 9.17) is 14.3 Å². The van der Waals surface area contributed by atoms with Gasteiger partial charge in [-0.3, -0.25) is 4.57 Å². The summed E-state index contributed by atoms with van der Waals surface area (Å²) in [4.78, 5) is 12.7. The average Bonchev–Trinajstić information content (AvgIpc) is 3.50. The Balaban J connectivity index is 1.57. The molecule has 170 valence electrons. The van der Waals surface area contributed by atoms with E-state index >= 15 is 0 Å². The van der Waals surface area contributed by atoms with E-state index in [-0.39, 0.29) is 29.7 Å². The highest BCUT2D eigenvalue weighted by atomic mass is 19.1. The van der Waals surface area contributed by atoms with E-state index in [1.807, 2.05) is 0 Å². The molecule has 2 aliphatic rings. The van der Waals surface area contributed by atoms with Crippen LogP contribution in [0.3, 0.4) is 0 Å². The third-order valence-corrected chi connectivity index (χ3v) is 5.03. The van der Waals surface area contributed by atoms with Gasteiger partial charge in [0.15, 0.2) is 17.3 Å².